The van der Waals surface area contributed by atoms with Gasteiger partial charge in [0.1, 0.15) is 11.6 Å². The number of hydrogen-bond donors (Lipinski definition) is 1. The summed E-state index contributed by atoms with van der Waals surface area (Å²) >= 11 is 0. The van der Waals surface area contributed by atoms with Crippen molar-refractivity contribution >= 4 is 18.3 Å². The van der Waals surface area contributed by atoms with E-state index >= 15 is 0 Å². The van der Waals surface area contributed by atoms with Crippen molar-refractivity contribution < 1.29 is 13.6 Å². The van der Waals surface area contributed by atoms with Gasteiger partial charge >= 0.3 is 0 Å². The highest BCUT2D eigenvalue weighted by Gasteiger charge is 2.36. The Bertz CT molecular complexity index is 798. The Balaban J connectivity index is 0.00000363. The monoisotopic (exact) mass is 465 g/mol. The van der Waals surface area contributed by atoms with Gasteiger partial charge in [-0.3, -0.25) is 4.79 Å². The first kappa shape index (κ1) is 26.2. The van der Waals surface area contributed by atoms with Crippen LogP contribution in [-0.4, -0.2) is 54.5 Å². The molecule has 2 aromatic carbocycles. The van der Waals surface area contributed by atoms with Gasteiger partial charge in [0.2, 0.25) is 5.91 Å². The van der Waals surface area contributed by atoms with Crippen molar-refractivity contribution in [2.45, 2.75) is 38.6 Å². The number of hydrogen-bond acceptors (Lipinski definition) is 3. The fraction of sp³-hybridized carbons (Fsp3) is 0.480. The summed E-state index contributed by atoms with van der Waals surface area (Å²) in [6.45, 7) is 7.98. The molecule has 176 valence electrons. The Labute approximate surface area is 196 Å². The van der Waals surface area contributed by atoms with Crippen LogP contribution in [0.2, 0.25) is 0 Å². The lowest BCUT2D eigenvalue weighted by Crippen LogP contribution is -2.51. The molecule has 1 amide bonds. The van der Waals surface area contributed by atoms with E-state index in [1.807, 2.05) is 4.90 Å². The summed E-state index contributed by atoms with van der Waals surface area (Å²) in [7, 11) is 0. The second-order valence-corrected chi connectivity index (χ2v) is 8.31. The molecule has 3 rings (SSSR count). The third kappa shape index (κ3) is 6.50. The lowest BCUT2D eigenvalue weighted by Gasteiger charge is -2.41. The zero-order valence-electron chi connectivity index (χ0n) is 18.8. The Morgan fingerprint density at radius 1 is 1.03 bits per heavy atom. The molecule has 0 saturated carbocycles. The van der Waals surface area contributed by atoms with Crippen LogP contribution in [0, 0.1) is 17.6 Å². The minimum Gasteiger partial charge on any atom is -0.342 e. The molecule has 0 aromatic heterocycles. The van der Waals surface area contributed by atoms with Crippen molar-refractivity contribution in [1.29, 1.82) is 0 Å². The number of carbonyl (C=O) groups is 1. The van der Waals surface area contributed by atoms with E-state index in [9.17, 15) is 13.6 Å². The van der Waals surface area contributed by atoms with Crippen LogP contribution >= 0.6 is 12.4 Å². The summed E-state index contributed by atoms with van der Waals surface area (Å²) < 4.78 is 27.1. The average molecular weight is 466 g/mol. The number of likely N-dealkylation sites (tertiary alicyclic amines) is 1. The molecular formula is C25H34ClF2N3O. The smallest absolute Gasteiger partial charge is 0.223 e. The highest BCUT2D eigenvalue weighted by Crippen LogP contribution is 2.37. The number of halogens is 3. The SMILES string of the molecule is CCN(CC)CCC(=O)N1CC[C@H](N)[C@H](C(c2ccc(F)cc2)c2ccc(F)cc2)C1.Cl. The average Bonchev–Trinajstić information content (AvgIpc) is 2.78. The van der Waals surface area contributed by atoms with Crippen LogP contribution in [-0.2, 0) is 4.79 Å². The van der Waals surface area contributed by atoms with Crippen molar-refractivity contribution in [2.24, 2.45) is 11.7 Å². The molecule has 1 saturated heterocycles. The van der Waals surface area contributed by atoms with Gasteiger partial charge < -0.3 is 15.5 Å². The van der Waals surface area contributed by atoms with Crippen LogP contribution in [0.4, 0.5) is 8.78 Å². The van der Waals surface area contributed by atoms with Crippen molar-refractivity contribution in [3.8, 4) is 0 Å². The second-order valence-electron chi connectivity index (χ2n) is 8.31. The van der Waals surface area contributed by atoms with Gasteiger partial charge in [-0.1, -0.05) is 38.1 Å². The van der Waals surface area contributed by atoms with E-state index in [1.165, 1.54) is 24.3 Å². The van der Waals surface area contributed by atoms with Crippen molar-refractivity contribution in [2.75, 3.05) is 32.7 Å². The molecular weight excluding hydrogens is 432 g/mol. The molecule has 1 aliphatic heterocycles. The van der Waals surface area contributed by atoms with Crippen molar-refractivity contribution in [3.05, 3.63) is 71.3 Å². The predicted octanol–water partition coefficient (Wildman–Crippen LogP) is 4.43. The van der Waals surface area contributed by atoms with Crippen LogP contribution in [0.15, 0.2) is 48.5 Å². The van der Waals surface area contributed by atoms with Gasteiger partial charge in [0, 0.05) is 43.9 Å². The van der Waals surface area contributed by atoms with Gasteiger partial charge in [-0.25, -0.2) is 8.78 Å². The van der Waals surface area contributed by atoms with Gasteiger partial charge in [-0.15, -0.1) is 12.4 Å². The van der Waals surface area contributed by atoms with E-state index in [0.29, 0.717) is 25.9 Å². The maximum absolute atomic E-state index is 13.6. The van der Waals surface area contributed by atoms with Gasteiger partial charge in [0.25, 0.3) is 0 Å². The van der Waals surface area contributed by atoms with Gasteiger partial charge in [0.15, 0.2) is 0 Å². The zero-order valence-corrected chi connectivity index (χ0v) is 19.7. The van der Waals surface area contributed by atoms with E-state index in [2.05, 4.69) is 18.7 Å². The maximum Gasteiger partial charge on any atom is 0.223 e. The Morgan fingerprint density at radius 2 is 1.53 bits per heavy atom. The zero-order chi connectivity index (χ0) is 22.4. The summed E-state index contributed by atoms with van der Waals surface area (Å²) in [5.41, 5.74) is 8.39. The van der Waals surface area contributed by atoms with E-state index in [0.717, 1.165) is 30.8 Å². The quantitative estimate of drug-likeness (QED) is 0.627. The molecule has 0 bridgehead atoms. The summed E-state index contributed by atoms with van der Waals surface area (Å²) in [6.07, 6.45) is 1.20. The first-order valence-corrected chi connectivity index (χ1v) is 11.2. The number of benzene rings is 2. The van der Waals surface area contributed by atoms with Crippen LogP contribution in [0.1, 0.15) is 43.7 Å². The van der Waals surface area contributed by atoms with Crippen molar-refractivity contribution in [1.82, 2.24) is 9.80 Å². The number of carbonyl (C=O) groups excluding carboxylic acids is 1. The first-order valence-electron chi connectivity index (χ1n) is 11.2. The van der Waals surface area contributed by atoms with E-state index in [-0.39, 0.29) is 47.8 Å². The molecule has 1 fully saturated rings. The molecule has 2 atom stereocenters. The fourth-order valence-corrected chi connectivity index (χ4v) is 4.56. The summed E-state index contributed by atoms with van der Waals surface area (Å²) in [4.78, 5) is 17.1. The number of nitrogens with two attached hydrogens (primary N) is 1. The number of amides is 1. The Morgan fingerprint density at radius 3 is 2.00 bits per heavy atom. The molecule has 0 spiro atoms. The molecule has 0 aliphatic carbocycles. The molecule has 0 radical (unpaired) electrons. The topological polar surface area (TPSA) is 49.6 Å². The highest BCUT2D eigenvalue weighted by molar-refractivity contribution is 5.85. The summed E-state index contributed by atoms with van der Waals surface area (Å²) in [5.74, 6) is -0.650. The van der Waals surface area contributed by atoms with E-state index in [4.69, 9.17) is 5.73 Å². The third-order valence-corrected chi connectivity index (χ3v) is 6.49. The molecule has 1 aliphatic rings. The van der Waals surface area contributed by atoms with E-state index in [1.54, 1.807) is 24.3 Å². The maximum atomic E-state index is 13.6. The molecule has 2 aromatic rings. The highest BCUT2D eigenvalue weighted by atomic mass is 35.5. The molecule has 0 unspecified atom stereocenters. The summed E-state index contributed by atoms with van der Waals surface area (Å²) in [6, 6.07) is 12.7. The third-order valence-electron chi connectivity index (χ3n) is 6.49. The van der Waals surface area contributed by atoms with Gasteiger partial charge in [0.05, 0.1) is 0 Å². The second kappa shape index (κ2) is 12.3. The van der Waals surface area contributed by atoms with Gasteiger partial charge in [-0.2, -0.15) is 0 Å². The number of rotatable bonds is 8. The molecule has 32 heavy (non-hydrogen) atoms. The number of nitrogens with zero attached hydrogens (tertiary/aromatic N) is 2. The molecule has 7 heteroatoms. The Kier molecular flexibility index (Phi) is 10.1. The molecule has 4 nitrogen and oxygen atoms in total. The van der Waals surface area contributed by atoms with Crippen LogP contribution < -0.4 is 5.73 Å². The minimum absolute atomic E-state index is 0. The van der Waals surface area contributed by atoms with Crippen LogP contribution in [0.5, 0.6) is 0 Å². The standard InChI is InChI=1S/C25H33F2N3O.ClH/c1-3-29(4-2)15-14-24(31)30-16-13-23(28)22(17-30)25(18-5-9-20(26)10-6-18)19-7-11-21(27)12-8-19;/h5-12,22-23,25H,3-4,13-17,28H2,1-2H3;1H/t22-,23+;/m1./s1. The number of piperidine rings is 1. The van der Waals surface area contributed by atoms with Crippen LogP contribution in [0.3, 0.4) is 0 Å². The van der Waals surface area contributed by atoms with Crippen molar-refractivity contribution in [3.63, 3.8) is 0 Å². The molecule has 2 N–H and O–H groups in total. The minimum atomic E-state index is -0.303. The predicted molar refractivity (Wildman–Crippen MR) is 127 cm³/mol. The molecule has 1 heterocycles. The first-order chi connectivity index (χ1) is 14.9. The fourth-order valence-electron chi connectivity index (χ4n) is 4.56. The normalized spacial score (nSPS) is 18.7. The van der Waals surface area contributed by atoms with Crippen LogP contribution in [0.25, 0.3) is 0 Å². The Hall–Kier alpha value is -2.02. The largest absolute Gasteiger partial charge is 0.342 e. The van der Waals surface area contributed by atoms with Gasteiger partial charge in [-0.05, 0) is 54.9 Å². The summed E-state index contributed by atoms with van der Waals surface area (Å²) in [5, 5.41) is 0. The lowest BCUT2D eigenvalue weighted by atomic mass is 9.74. The lowest BCUT2D eigenvalue weighted by molar-refractivity contribution is -0.133. The van der Waals surface area contributed by atoms with E-state index < -0.39 is 0 Å².